The molecule has 17 heavy (non-hydrogen) atoms. The highest BCUT2D eigenvalue weighted by Gasteiger charge is 2.08. The van der Waals surface area contributed by atoms with E-state index < -0.39 is 17.7 Å². The first kappa shape index (κ1) is 15.1. The Kier molecular flexibility index (Phi) is 6.53. The second-order valence-corrected chi connectivity index (χ2v) is 3.21. The maximum absolute atomic E-state index is 10.6. The monoisotopic (exact) mass is 245 g/mol. The van der Waals surface area contributed by atoms with Crippen LogP contribution in [0.1, 0.15) is 12.0 Å². The molecular weight excluding hydrogens is 230 g/mol. The van der Waals surface area contributed by atoms with Crippen LogP contribution < -0.4 is 17.0 Å². The third kappa shape index (κ3) is 6.28. The summed E-state index contributed by atoms with van der Waals surface area (Å²) in [6.45, 7) is 1.45. The summed E-state index contributed by atoms with van der Waals surface area (Å²) in [4.78, 5) is 35.1. The lowest BCUT2D eigenvalue weighted by Gasteiger charge is -2.00. The Morgan fingerprint density at radius 2 is 2.12 bits per heavy atom. The molecule has 1 unspecified atom stereocenters. The van der Waals surface area contributed by atoms with E-state index in [-0.39, 0.29) is 18.6 Å². The molecule has 0 aliphatic carbocycles. The molecule has 1 atom stereocenters. The number of carbonyl (C=O) groups is 1. The van der Waals surface area contributed by atoms with Gasteiger partial charge in [0.15, 0.2) is 0 Å². The van der Waals surface area contributed by atoms with Gasteiger partial charge in [0.1, 0.15) is 6.04 Å². The summed E-state index contributed by atoms with van der Waals surface area (Å²) in [6.07, 6.45) is 1.50. The molecular formula is C9H15N3O5. The van der Waals surface area contributed by atoms with Crippen LogP contribution >= 0.6 is 0 Å². The third-order valence-electron chi connectivity index (χ3n) is 1.76. The second-order valence-electron chi connectivity index (χ2n) is 3.21. The molecule has 8 heteroatoms. The van der Waals surface area contributed by atoms with Crippen molar-refractivity contribution in [1.29, 1.82) is 0 Å². The number of H-pyrrole nitrogens is 2. The first-order valence-corrected chi connectivity index (χ1v) is 4.76. The maximum atomic E-state index is 10.6. The van der Waals surface area contributed by atoms with Gasteiger partial charge in [-0.3, -0.25) is 14.6 Å². The van der Waals surface area contributed by atoms with Crippen LogP contribution in [0.25, 0.3) is 0 Å². The lowest BCUT2D eigenvalue weighted by Crippen LogP contribution is -2.30. The van der Waals surface area contributed by atoms with E-state index in [9.17, 15) is 14.4 Å². The number of rotatable bonds is 3. The van der Waals surface area contributed by atoms with Crippen LogP contribution in [0.2, 0.25) is 0 Å². The van der Waals surface area contributed by atoms with Gasteiger partial charge in [-0.1, -0.05) is 0 Å². The average Bonchev–Trinajstić information content (AvgIpc) is 2.25. The lowest BCUT2D eigenvalue weighted by molar-refractivity contribution is -0.138. The van der Waals surface area contributed by atoms with E-state index in [1.807, 2.05) is 0 Å². The molecule has 0 saturated carbocycles. The van der Waals surface area contributed by atoms with Crippen LogP contribution in [0.5, 0.6) is 0 Å². The summed E-state index contributed by atoms with van der Waals surface area (Å²) >= 11 is 0. The molecule has 1 heterocycles. The van der Waals surface area contributed by atoms with Crippen molar-refractivity contribution in [2.24, 2.45) is 5.73 Å². The van der Waals surface area contributed by atoms with E-state index in [2.05, 4.69) is 9.97 Å². The standard InChI is InChI=1S/C5H6N2O2.C4H9NO3/c1-3-2-6-5(9)7-4(3)8;5-3(1-2-6)4(7)8/h2H,1H3,(H2,6,7,8,9);3,6H,1-2,5H2,(H,7,8). The highest BCUT2D eigenvalue weighted by molar-refractivity contribution is 5.72. The van der Waals surface area contributed by atoms with Crippen LogP contribution in [0, 0.1) is 6.92 Å². The van der Waals surface area contributed by atoms with Gasteiger partial charge in [-0.15, -0.1) is 0 Å². The highest BCUT2D eigenvalue weighted by Crippen LogP contribution is 1.83. The number of nitrogens with two attached hydrogens (primary N) is 1. The summed E-state index contributed by atoms with van der Waals surface area (Å²) in [6, 6.07) is -0.917. The predicted molar refractivity (Wildman–Crippen MR) is 59.7 cm³/mol. The van der Waals surface area contributed by atoms with Crippen LogP contribution in [-0.4, -0.2) is 38.8 Å². The first-order valence-electron chi connectivity index (χ1n) is 4.76. The minimum Gasteiger partial charge on any atom is -0.480 e. The lowest BCUT2D eigenvalue weighted by atomic mass is 10.2. The highest BCUT2D eigenvalue weighted by atomic mass is 16.4. The van der Waals surface area contributed by atoms with E-state index in [0.717, 1.165) is 0 Å². The van der Waals surface area contributed by atoms with E-state index in [1.54, 1.807) is 6.92 Å². The number of carboxylic acid groups (broad SMARTS) is 1. The van der Waals surface area contributed by atoms with Crippen molar-refractivity contribution in [3.63, 3.8) is 0 Å². The summed E-state index contributed by atoms with van der Waals surface area (Å²) in [5.41, 5.74) is 4.67. The number of aliphatic hydroxyl groups excluding tert-OH is 1. The van der Waals surface area contributed by atoms with E-state index >= 15 is 0 Å². The molecule has 0 saturated heterocycles. The number of aromatic amines is 2. The zero-order chi connectivity index (χ0) is 13.4. The largest absolute Gasteiger partial charge is 0.480 e. The molecule has 0 bridgehead atoms. The molecule has 1 aromatic heterocycles. The van der Waals surface area contributed by atoms with Gasteiger partial charge in [-0.25, -0.2) is 4.79 Å². The Hall–Kier alpha value is -1.93. The van der Waals surface area contributed by atoms with Crippen LogP contribution in [0.3, 0.4) is 0 Å². The normalized spacial score (nSPS) is 11.2. The second kappa shape index (κ2) is 7.36. The fraction of sp³-hybridized carbons (Fsp3) is 0.444. The molecule has 0 aromatic carbocycles. The third-order valence-corrected chi connectivity index (χ3v) is 1.76. The number of hydrogen-bond donors (Lipinski definition) is 5. The van der Waals surface area contributed by atoms with Gasteiger partial charge < -0.3 is 20.9 Å². The van der Waals surface area contributed by atoms with Crippen molar-refractivity contribution in [1.82, 2.24) is 9.97 Å². The number of carboxylic acids is 1. The molecule has 0 amide bonds. The Morgan fingerprint density at radius 1 is 1.53 bits per heavy atom. The average molecular weight is 245 g/mol. The smallest absolute Gasteiger partial charge is 0.325 e. The summed E-state index contributed by atoms with van der Waals surface area (Å²) < 4.78 is 0. The number of hydrogen-bond acceptors (Lipinski definition) is 5. The molecule has 6 N–H and O–H groups in total. The summed E-state index contributed by atoms with van der Waals surface area (Å²) in [7, 11) is 0. The Morgan fingerprint density at radius 3 is 2.41 bits per heavy atom. The van der Waals surface area contributed by atoms with Gasteiger partial charge in [0.25, 0.3) is 5.56 Å². The quantitative estimate of drug-likeness (QED) is 0.422. The minimum absolute atomic E-state index is 0.120. The van der Waals surface area contributed by atoms with Crippen molar-refractivity contribution < 1.29 is 15.0 Å². The molecule has 8 nitrogen and oxygen atoms in total. The zero-order valence-corrected chi connectivity index (χ0v) is 9.27. The van der Waals surface area contributed by atoms with Crippen molar-refractivity contribution in [2.45, 2.75) is 19.4 Å². The first-order chi connectivity index (χ1) is 7.88. The Bertz CT molecular complexity index is 464. The number of aromatic nitrogens is 2. The number of aliphatic carboxylic acids is 1. The Labute approximate surface area is 96.1 Å². The molecule has 0 spiro atoms. The van der Waals surface area contributed by atoms with Crippen LogP contribution in [0.15, 0.2) is 15.8 Å². The number of aryl methyl sites for hydroxylation is 1. The summed E-state index contributed by atoms with van der Waals surface area (Å²) in [5, 5.41) is 16.2. The molecule has 1 rings (SSSR count). The zero-order valence-electron chi connectivity index (χ0n) is 9.27. The van der Waals surface area contributed by atoms with Gasteiger partial charge in [-0.2, -0.15) is 0 Å². The van der Waals surface area contributed by atoms with E-state index in [4.69, 9.17) is 15.9 Å². The fourth-order valence-electron chi connectivity index (χ4n) is 0.740. The van der Waals surface area contributed by atoms with Gasteiger partial charge in [0.2, 0.25) is 0 Å². The minimum atomic E-state index is -1.07. The molecule has 0 fully saturated rings. The van der Waals surface area contributed by atoms with Gasteiger partial charge in [0, 0.05) is 18.4 Å². The SMILES string of the molecule is Cc1c[nH]c(=O)[nH]c1=O.NC(CCO)C(=O)O. The molecule has 96 valence electrons. The predicted octanol–water partition coefficient (Wildman–Crippen LogP) is -1.85. The van der Waals surface area contributed by atoms with Gasteiger partial charge in [0.05, 0.1) is 0 Å². The van der Waals surface area contributed by atoms with Crippen molar-refractivity contribution >= 4 is 5.97 Å². The number of nitrogens with one attached hydrogen (secondary N) is 2. The molecule has 0 radical (unpaired) electrons. The Balaban J connectivity index is 0.000000304. The topological polar surface area (TPSA) is 149 Å². The molecule has 0 aliphatic rings. The van der Waals surface area contributed by atoms with Crippen molar-refractivity contribution in [3.8, 4) is 0 Å². The molecule has 0 aliphatic heterocycles. The molecule has 1 aromatic rings. The maximum Gasteiger partial charge on any atom is 0.325 e. The van der Waals surface area contributed by atoms with Gasteiger partial charge >= 0.3 is 11.7 Å². The van der Waals surface area contributed by atoms with Crippen molar-refractivity contribution in [3.05, 3.63) is 32.6 Å². The van der Waals surface area contributed by atoms with Crippen molar-refractivity contribution in [2.75, 3.05) is 6.61 Å². The van der Waals surface area contributed by atoms with Crippen LogP contribution in [0.4, 0.5) is 0 Å². The number of aliphatic hydroxyl groups is 1. The van der Waals surface area contributed by atoms with Crippen LogP contribution in [-0.2, 0) is 4.79 Å². The summed E-state index contributed by atoms with van der Waals surface area (Å²) in [5.74, 6) is -1.07. The van der Waals surface area contributed by atoms with E-state index in [1.165, 1.54) is 6.20 Å². The fourth-order valence-corrected chi connectivity index (χ4v) is 0.740. The van der Waals surface area contributed by atoms with Gasteiger partial charge in [-0.05, 0) is 13.3 Å². The van der Waals surface area contributed by atoms with E-state index in [0.29, 0.717) is 5.56 Å².